The molecule has 0 saturated heterocycles. The number of ether oxygens (including phenoxy) is 1. The van der Waals surface area contributed by atoms with Crippen molar-refractivity contribution in [2.45, 2.75) is 51.7 Å². The summed E-state index contributed by atoms with van der Waals surface area (Å²) in [7, 11) is 0. The summed E-state index contributed by atoms with van der Waals surface area (Å²) in [5, 5.41) is 15.1. The number of hydrogen-bond acceptors (Lipinski definition) is 4. The van der Waals surface area contributed by atoms with Crippen molar-refractivity contribution in [2.75, 3.05) is 6.61 Å². The molecule has 0 saturated carbocycles. The Balaban J connectivity index is 1.84. The van der Waals surface area contributed by atoms with Crippen LogP contribution in [0.5, 0.6) is 5.75 Å². The summed E-state index contributed by atoms with van der Waals surface area (Å²) in [5.74, 6) is 1.03. The van der Waals surface area contributed by atoms with E-state index in [2.05, 4.69) is 10.1 Å². The molecule has 1 heterocycles. The molecule has 2 atom stereocenters. The van der Waals surface area contributed by atoms with Gasteiger partial charge in [0.1, 0.15) is 18.4 Å². The molecule has 2 rings (SSSR count). The van der Waals surface area contributed by atoms with Crippen LogP contribution in [0.3, 0.4) is 0 Å². The third-order valence-corrected chi connectivity index (χ3v) is 4.48. The molecule has 0 aliphatic carbocycles. The maximum absolute atomic E-state index is 10.8. The Labute approximate surface area is 138 Å². The smallest absolute Gasteiger partial charge is 0.137 e. The number of benzene rings is 1. The largest absolute Gasteiger partial charge is 0.494 e. The second-order valence-corrected chi connectivity index (χ2v) is 6.43. The van der Waals surface area contributed by atoms with Crippen LogP contribution < -0.4 is 4.74 Å². The molecule has 0 aliphatic heterocycles. The predicted molar refractivity (Wildman–Crippen MR) is 90.3 cm³/mol. The molecule has 0 radical (unpaired) electrons. The van der Waals surface area contributed by atoms with Gasteiger partial charge in [-0.05, 0) is 44.2 Å². The number of para-hydroxylation sites is 1. The lowest BCUT2D eigenvalue weighted by Gasteiger charge is -2.36. The normalized spacial score (nSPS) is 15.3. The summed E-state index contributed by atoms with van der Waals surface area (Å²) >= 11 is 0. The third-order valence-electron chi connectivity index (χ3n) is 4.48. The highest BCUT2D eigenvalue weighted by molar-refractivity contribution is 5.20. The first-order valence-electron chi connectivity index (χ1n) is 8.26. The SMILES string of the molecule is CC(C)C(C)(O)C(CCCCOc1ccccc1)n1cncn1. The zero-order chi connectivity index (χ0) is 16.7. The average molecular weight is 317 g/mol. The van der Waals surface area contributed by atoms with Crippen molar-refractivity contribution in [2.24, 2.45) is 5.92 Å². The van der Waals surface area contributed by atoms with Crippen molar-refractivity contribution in [3.63, 3.8) is 0 Å². The fourth-order valence-corrected chi connectivity index (χ4v) is 2.60. The quantitative estimate of drug-likeness (QED) is 0.719. The molecule has 1 aromatic carbocycles. The Hall–Kier alpha value is -1.88. The lowest BCUT2D eigenvalue weighted by Crippen LogP contribution is -2.41. The van der Waals surface area contributed by atoms with Crippen LogP contribution in [0.1, 0.15) is 46.1 Å². The second-order valence-electron chi connectivity index (χ2n) is 6.43. The Bertz CT molecular complexity index is 553. The molecule has 2 aromatic rings. The van der Waals surface area contributed by atoms with E-state index in [0.29, 0.717) is 6.61 Å². The summed E-state index contributed by atoms with van der Waals surface area (Å²) in [6.07, 6.45) is 5.94. The number of aromatic nitrogens is 3. The van der Waals surface area contributed by atoms with Gasteiger partial charge in [-0.15, -0.1) is 0 Å². The van der Waals surface area contributed by atoms with Crippen LogP contribution in [-0.4, -0.2) is 32.1 Å². The first-order chi connectivity index (χ1) is 11.0. The van der Waals surface area contributed by atoms with Crippen molar-refractivity contribution in [1.82, 2.24) is 14.8 Å². The van der Waals surface area contributed by atoms with Crippen molar-refractivity contribution in [1.29, 1.82) is 0 Å². The highest BCUT2D eigenvalue weighted by Gasteiger charge is 2.36. The van der Waals surface area contributed by atoms with Crippen LogP contribution in [0, 0.1) is 5.92 Å². The maximum Gasteiger partial charge on any atom is 0.137 e. The first-order valence-corrected chi connectivity index (χ1v) is 8.26. The molecular formula is C18H27N3O2. The highest BCUT2D eigenvalue weighted by Crippen LogP contribution is 2.33. The maximum atomic E-state index is 10.8. The van der Waals surface area contributed by atoms with Crippen LogP contribution in [-0.2, 0) is 0 Å². The van der Waals surface area contributed by atoms with Crippen molar-refractivity contribution in [3.05, 3.63) is 43.0 Å². The van der Waals surface area contributed by atoms with Gasteiger partial charge in [-0.2, -0.15) is 5.10 Å². The Morgan fingerprint density at radius 2 is 1.96 bits per heavy atom. The lowest BCUT2D eigenvalue weighted by molar-refractivity contribution is -0.0437. The van der Waals surface area contributed by atoms with E-state index >= 15 is 0 Å². The molecular weight excluding hydrogens is 290 g/mol. The molecule has 1 aromatic heterocycles. The number of aliphatic hydroxyl groups is 1. The predicted octanol–water partition coefficient (Wildman–Crippen LogP) is 3.48. The van der Waals surface area contributed by atoms with Crippen LogP contribution >= 0.6 is 0 Å². The molecule has 0 fully saturated rings. The molecule has 126 valence electrons. The zero-order valence-corrected chi connectivity index (χ0v) is 14.2. The third kappa shape index (κ3) is 4.79. The van der Waals surface area contributed by atoms with Crippen molar-refractivity contribution >= 4 is 0 Å². The summed E-state index contributed by atoms with van der Waals surface area (Å²) in [4.78, 5) is 4.02. The Morgan fingerprint density at radius 1 is 1.22 bits per heavy atom. The van der Waals surface area contributed by atoms with E-state index in [1.165, 1.54) is 6.33 Å². The van der Waals surface area contributed by atoms with E-state index in [1.54, 1.807) is 11.0 Å². The summed E-state index contributed by atoms with van der Waals surface area (Å²) in [6, 6.07) is 9.75. The van der Waals surface area contributed by atoms with Crippen LogP contribution in [0.15, 0.2) is 43.0 Å². The second kappa shape index (κ2) is 8.11. The van der Waals surface area contributed by atoms with E-state index in [-0.39, 0.29) is 12.0 Å². The Morgan fingerprint density at radius 3 is 2.57 bits per heavy atom. The summed E-state index contributed by atoms with van der Waals surface area (Å²) in [5.41, 5.74) is -0.825. The van der Waals surface area contributed by atoms with Gasteiger partial charge in [-0.3, -0.25) is 0 Å². The van der Waals surface area contributed by atoms with Crippen LogP contribution in [0.2, 0.25) is 0 Å². The fraction of sp³-hybridized carbons (Fsp3) is 0.556. The average Bonchev–Trinajstić information content (AvgIpc) is 3.05. The van der Waals surface area contributed by atoms with E-state index in [1.807, 2.05) is 51.1 Å². The van der Waals surface area contributed by atoms with Crippen molar-refractivity contribution < 1.29 is 9.84 Å². The number of hydrogen-bond donors (Lipinski definition) is 1. The van der Waals surface area contributed by atoms with Crippen LogP contribution in [0.4, 0.5) is 0 Å². The van der Waals surface area contributed by atoms with Crippen molar-refractivity contribution in [3.8, 4) is 5.75 Å². The number of nitrogens with zero attached hydrogens (tertiary/aromatic N) is 3. The van der Waals surface area contributed by atoms with Gasteiger partial charge in [0.2, 0.25) is 0 Å². The van der Waals surface area contributed by atoms with Gasteiger partial charge >= 0.3 is 0 Å². The molecule has 0 spiro atoms. The van der Waals surface area contributed by atoms with Gasteiger partial charge < -0.3 is 9.84 Å². The van der Waals surface area contributed by atoms with Gasteiger partial charge in [0.15, 0.2) is 0 Å². The standard InChI is InChI=1S/C18H27N3O2/c1-15(2)18(3,22)17(21-14-19-13-20-21)11-7-8-12-23-16-9-5-4-6-10-16/h4-6,9-10,13-15,17,22H,7-8,11-12H2,1-3H3. The van der Waals surface area contributed by atoms with E-state index in [9.17, 15) is 5.11 Å². The summed E-state index contributed by atoms with van der Waals surface area (Å²) < 4.78 is 7.49. The topological polar surface area (TPSA) is 60.2 Å². The highest BCUT2D eigenvalue weighted by atomic mass is 16.5. The monoisotopic (exact) mass is 317 g/mol. The fourth-order valence-electron chi connectivity index (χ4n) is 2.60. The van der Waals surface area contributed by atoms with Gasteiger partial charge in [0.25, 0.3) is 0 Å². The molecule has 5 heteroatoms. The van der Waals surface area contributed by atoms with Gasteiger partial charge in [0.05, 0.1) is 18.2 Å². The molecule has 5 nitrogen and oxygen atoms in total. The molecule has 0 bridgehead atoms. The van der Waals surface area contributed by atoms with E-state index < -0.39 is 5.60 Å². The van der Waals surface area contributed by atoms with Crippen LogP contribution in [0.25, 0.3) is 0 Å². The minimum Gasteiger partial charge on any atom is -0.494 e. The molecule has 1 N–H and O–H groups in total. The zero-order valence-electron chi connectivity index (χ0n) is 14.2. The first kappa shape index (κ1) is 17.5. The van der Waals surface area contributed by atoms with Gasteiger partial charge in [-0.1, -0.05) is 32.0 Å². The Kier molecular flexibility index (Phi) is 6.16. The minimum absolute atomic E-state index is 0.0817. The van der Waals surface area contributed by atoms with Gasteiger partial charge in [-0.25, -0.2) is 9.67 Å². The summed E-state index contributed by atoms with van der Waals surface area (Å²) in [6.45, 7) is 6.62. The molecule has 0 aliphatic rings. The van der Waals surface area contributed by atoms with E-state index in [4.69, 9.17) is 4.74 Å². The molecule has 2 unspecified atom stereocenters. The number of rotatable bonds is 9. The minimum atomic E-state index is -0.825. The number of unbranched alkanes of at least 4 members (excludes halogenated alkanes) is 1. The molecule has 23 heavy (non-hydrogen) atoms. The lowest BCUT2D eigenvalue weighted by atomic mass is 9.82. The van der Waals surface area contributed by atoms with Gasteiger partial charge in [0, 0.05) is 0 Å². The van der Waals surface area contributed by atoms with E-state index in [0.717, 1.165) is 25.0 Å². The molecule has 0 amide bonds.